The molecular formula is C31H30FN7O4. The number of benzene rings is 2. The Balaban J connectivity index is 1.12. The fraction of sp³-hybridized carbons (Fsp3) is 0.387. The van der Waals surface area contributed by atoms with Crippen LogP contribution in [0, 0.1) is 28.5 Å². The molecule has 1 atom stereocenters. The maximum atomic E-state index is 14.3. The van der Waals surface area contributed by atoms with Crippen LogP contribution in [0.25, 0.3) is 11.0 Å². The zero-order chi connectivity index (χ0) is 29.9. The number of hydrogen-bond donors (Lipinski definition) is 0. The third-order valence-corrected chi connectivity index (χ3v) is 8.09. The van der Waals surface area contributed by atoms with Gasteiger partial charge in [-0.3, -0.25) is 9.58 Å². The Hall–Kier alpha value is -4.78. The van der Waals surface area contributed by atoms with E-state index in [2.05, 4.69) is 20.6 Å². The number of methoxy groups -OCH3 is 1. The van der Waals surface area contributed by atoms with Crippen molar-refractivity contribution in [3.63, 3.8) is 0 Å². The van der Waals surface area contributed by atoms with E-state index < -0.39 is 5.82 Å². The molecule has 11 nitrogen and oxygen atoms in total. The van der Waals surface area contributed by atoms with E-state index in [0.717, 1.165) is 61.9 Å². The largest absolute Gasteiger partial charge is 0.471 e. The predicted octanol–water partition coefficient (Wildman–Crippen LogP) is 4.11. The second kappa shape index (κ2) is 12.2. The number of rotatable bonds is 9. The molecule has 4 aromatic rings. The molecule has 0 bridgehead atoms. The van der Waals surface area contributed by atoms with Crippen molar-refractivity contribution >= 4 is 17.0 Å². The molecule has 6 rings (SSSR count). The first-order chi connectivity index (χ1) is 20.9. The predicted molar refractivity (Wildman–Crippen MR) is 151 cm³/mol. The van der Waals surface area contributed by atoms with Crippen molar-refractivity contribution in [1.82, 2.24) is 24.2 Å². The van der Waals surface area contributed by atoms with Crippen molar-refractivity contribution in [2.45, 2.75) is 51.1 Å². The van der Waals surface area contributed by atoms with Crippen LogP contribution in [0.15, 0.2) is 42.6 Å². The van der Waals surface area contributed by atoms with Gasteiger partial charge in [-0.25, -0.2) is 14.2 Å². The first-order valence-electron chi connectivity index (χ1n) is 14.2. The molecule has 2 aliphatic heterocycles. The zero-order valence-electron chi connectivity index (χ0n) is 23.7. The van der Waals surface area contributed by atoms with Crippen molar-refractivity contribution in [1.29, 1.82) is 10.5 Å². The molecule has 2 fully saturated rings. The summed E-state index contributed by atoms with van der Waals surface area (Å²) in [6.45, 7) is 3.58. The smallest absolute Gasteiger partial charge is 0.337 e. The maximum Gasteiger partial charge on any atom is 0.337 e. The van der Waals surface area contributed by atoms with Gasteiger partial charge in [0, 0.05) is 31.5 Å². The number of aromatic nitrogens is 4. The SMILES string of the molecule is COC(=O)c1ccc2nc(CN3CCC(n4cc(C#N)c(OCc5ccc(C#N)cc5F)n4)CC3)n(C[C@@H]3CCO3)c2c1. The minimum absolute atomic E-state index is 0.0807. The first kappa shape index (κ1) is 28.3. The van der Waals surface area contributed by atoms with Crippen LogP contribution >= 0.6 is 0 Å². The quantitative estimate of drug-likeness (QED) is 0.267. The van der Waals surface area contributed by atoms with Crippen LogP contribution in [0.2, 0.25) is 0 Å². The monoisotopic (exact) mass is 583 g/mol. The molecule has 0 aliphatic carbocycles. The molecule has 0 radical (unpaired) electrons. The normalized spacial score (nSPS) is 17.3. The van der Waals surface area contributed by atoms with Gasteiger partial charge < -0.3 is 18.8 Å². The number of esters is 1. The van der Waals surface area contributed by atoms with Gasteiger partial charge in [-0.05, 0) is 49.6 Å². The maximum absolute atomic E-state index is 14.3. The Morgan fingerprint density at radius 2 is 1.95 bits per heavy atom. The topological polar surface area (TPSA) is 131 Å². The van der Waals surface area contributed by atoms with Crippen LogP contribution in [-0.2, 0) is 29.2 Å². The van der Waals surface area contributed by atoms with E-state index in [-0.39, 0.29) is 47.3 Å². The zero-order valence-corrected chi connectivity index (χ0v) is 23.7. The lowest BCUT2D eigenvalue weighted by Gasteiger charge is -2.32. The van der Waals surface area contributed by atoms with Gasteiger partial charge in [-0.1, -0.05) is 6.07 Å². The minimum atomic E-state index is -0.540. The Morgan fingerprint density at radius 3 is 2.63 bits per heavy atom. The summed E-state index contributed by atoms with van der Waals surface area (Å²) in [6, 6.07) is 13.7. The molecular weight excluding hydrogens is 553 g/mol. The van der Waals surface area contributed by atoms with E-state index in [1.54, 1.807) is 16.9 Å². The number of carbonyl (C=O) groups is 1. The summed E-state index contributed by atoms with van der Waals surface area (Å²) in [7, 11) is 1.37. The average molecular weight is 584 g/mol. The Morgan fingerprint density at radius 1 is 1.14 bits per heavy atom. The van der Waals surface area contributed by atoms with Crippen molar-refractivity contribution in [2.75, 3.05) is 26.8 Å². The summed E-state index contributed by atoms with van der Waals surface area (Å²) >= 11 is 0. The molecule has 2 aliphatic rings. The van der Waals surface area contributed by atoms with Crippen molar-refractivity contribution in [2.24, 2.45) is 0 Å². The van der Waals surface area contributed by atoms with Gasteiger partial charge in [0.1, 0.15) is 29.9 Å². The van der Waals surface area contributed by atoms with Crippen molar-refractivity contribution < 1.29 is 23.4 Å². The number of nitrogens with zero attached hydrogens (tertiary/aromatic N) is 7. The van der Waals surface area contributed by atoms with Gasteiger partial charge in [0.05, 0.1) is 60.6 Å². The molecule has 2 saturated heterocycles. The summed E-state index contributed by atoms with van der Waals surface area (Å²) in [5.74, 6) is 0.155. The second-order valence-electron chi connectivity index (χ2n) is 10.8. The van der Waals surface area contributed by atoms with Crippen LogP contribution in [0.5, 0.6) is 5.88 Å². The average Bonchev–Trinajstić information content (AvgIpc) is 3.58. The lowest BCUT2D eigenvalue weighted by Crippen LogP contribution is -2.36. The van der Waals surface area contributed by atoms with E-state index >= 15 is 0 Å². The van der Waals surface area contributed by atoms with Crippen LogP contribution in [0.4, 0.5) is 4.39 Å². The van der Waals surface area contributed by atoms with Gasteiger partial charge in [-0.2, -0.15) is 10.5 Å². The number of hydrogen-bond acceptors (Lipinski definition) is 9. The van der Waals surface area contributed by atoms with Crippen molar-refractivity contribution in [3.8, 4) is 18.0 Å². The number of likely N-dealkylation sites (tertiary alicyclic amines) is 1. The van der Waals surface area contributed by atoms with E-state index in [1.165, 1.54) is 19.2 Å². The lowest BCUT2D eigenvalue weighted by molar-refractivity contribution is -0.0592. The number of carbonyl (C=O) groups excluding carboxylic acids is 1. The molecule has 2 aromatic carbocycles. The van der Waals surface area contributed by atoms with Gasteiger partial charge >= 0.3 is 5.97 Å². The van der Waals surface area contributed by atoms with Crippen LogP contribution in [-0.4, -0.2) is 63.1 Å². The molecule has 0 spiro atoms. The lowest BCUT2D eigenvalue weighted by atomic mass is 10.1. The molecule has 4 heterocycles. The molecule has 12 heteroatoms. The van der Waals surface area contributed by atoms with E-state index in [1.807, 2.05) is 18.2 Å². The number of halogens is 1. The third-order valence-electron chi connectivity index (χ3n) is 8.09. The molecule has 0 amide bonds. The summed E-state index contributed by atoms with van der Waals surface area (Å²) < 4.78 is 34.6. The molecule has 0 N–H and O–H groups in total. The highest BCUT2D eigenvalue weighted by atomic mass is 19.1. The minimum Gasteiger partial charge on any atom is -0.471 e. The molecule has 43 heavy (non-hydrogen) atoms. The molecule has 0 saturated carbocycles. The van der Waals surface area contributed by atoms with Crippen molar-refractivity contribution in [3.05, 3.63) is 76.5 Å². The van der Waals surface area contributed by atoms with E-state index in [4.69, 9.17) is 24.5 Å². The fourth-order valence-corrected chi connectivity index (χ4v) is 5.54. The van der Waals surface area contributed by atoms with Gasteiger partial charge in [0.25, 0.3) is 5.88 Å². The summed E-state index contributed by atoms with van der Waals surface area (Å²) in [5.41, 5.74) is 2.99. The van der Waals surface area contributed by atoms with Crippen LogP contribution in [0.1, 0.15) is 58.2 Å². The van der Waals surface area contributed by atoms with Gasteiger partial charge in [0.15, 0.2) is 0 Å². The molecule has 220 valence electrons. The van der Waals surface area contributed by atoms with Crippen LogP contribution < -0.4 is 4.74 Å². The fourth-order valence-electron chi connectivity index (χ4n) is 5.54. The Labute approximate surface area is 247 Å². The number of piperidine rings is 1. The summed E-state index contributed by atoms with van der Waals surface area (Å²) in [4.78, 5) is 19.4. The highest BCUT2D eigenvalue weighted by Gasteiger charge is 2.27. The second-order valence-corrected chi connectivity index (χ2v) is 10.8. The summed E-state index contributed by atoms with van der Waals surface area (Å²) in [6.07, 6.45) is 4.43. The number of ether oxygens (including phenoxy) is 3. The number of nitriles is 2. The Bertz CT molecular complexity index is 1740. The highest BCUT2D eigenvalue weighted by molar-refractivity contribution is 5.93. The number of imidazole rings is 1. The standard InChI is InChI=1S/C31H30FN7O4/c1-41-31(40)21-4-5-27-28(13-21)38(17-25-8-11-42-25)29(35-27)18-37-9-6-24(7-10-37)39-16-23(15-34)30(36-39)43-19-22-3-2-20(14-33)12-26(22)32/h2-5,12-13,16,24-25H,6-11,17-19H2,1H3/t25-/m0/s1. The van der Waals surface area contributed by atoms with E-state index in [0.29, 0.717) is 18.7 Å². The number of fused-ring (bicyclic) bond motifs is 1. The van der Waals surface area contributed by atoms with Crippen LogP contribution in [0.3, 0.4) is 0 Å². The first-order valence-corrected chi connectivity index (χ1v) is 14.2. The summed E-state index contributed by atoms with van der Waals surface area (Å²) in [5, 5.41) is 23.1. The third kappa shape index (κ3) is 5.93. The van der Waals surface area contributed by atoms with E-state index in [9.17, 15) is 14.4 Å². The highest BCUT2D eigenvalue weighted by Crippen LogP contribution is 2.28. The Kier molecular flexibility index (Phi) is 8.05. The molecule has 0 unspecified atom stereocenters. The molecule has 2 aromatic heterocycles. The van der Waals surface area contributed by atoms with Gasteiger partial charge in [-0.15, -0.1) is 5.10 Å². The van der Waals surface area contributed by atoms with Gasteiger partial charge in [0.2, 0.25) is 0 Å².